The average Bonchev–Trinajstić information content (AvgIpc) is 2.96. The van der Waals surface area contributed by atoms with Crippen molar-refractivity contribution < 1.29 is 4.79 Å². The van der Waals surface area contributed by atoms with Gasteiger partial charge >= 0.3 is 0 Å². The molecule has 0 atom stereocenters. The molecule has 0 radical (unpaired) electrons. The summed E-state index contributed by atoms with van der Waals surface area (Å²) >= 11 is 0. The molecule has 1 aromatic heterocycles. The summed E-state index contributed by atoms with van der Waals surface area (Å²) in [6, 6.07) is 5.69. The number of nitrogens with one attached hydrogen (secondary N) is 1. The van der Waals surface area contributed by atoms with Crippen LogP contribution in [-0.2, 0) is 0 Å². The molecule has 1 heterocycles. The highest BCUT2D eigenvalue weighted by Crippen LogP contribution is 2.33. The lowest BCUT2D eigenvalue weighted by Gasteiger charge is -2.02. The van der Waals surface area contributed by atoms with E-state index in [0.717, 1.165) is 22.4 Å². The number of H-pyrrole nitrogens is 1. The maximum Gasteiger partial charge on any atom is 0.159 e. The molecule has 0 aliphatic heterocycles. The molecule has 0 amide bonds. The Bertz CT molecular complexity index is 565. The fraction of sp³-hybridized carbons (Fsp3) is 0.429. The van der Waals surface area contributed by atoms with E-state index in [4.69, 9.17) is 0 Å². The van der Waals surface area contributed by atoms with Crippen LogP contribution < -0.4 is 0 Å². The number of benzene rings is 1. The Labute approximate surface area is 100 Å². The molecule has 1 N–H and O–H groups in total. The SMILES string of the molecule is CC(=O)c1ccc2nc(C3CCCC3)[nH]c2c1. The van der Waals surface area contributed by atoms with Crippen LogP contribution in [0.15, 0.2) is 18.2 Å². The molecule has 0 saturated heterocycles. The van der Waals surface area contributed by atoms with E-state index in [1.165, 1.54) is 25.7 Å². The van der Waals surface area contributed by atoms with Crippen LogP contribution in [0.5, 0.6) is 0 Å². The zero-order valence-electron chi connectivity index (χ0n) is 9.99. The summed E-state index contributed by atoms with van der Waals surface area (Å²) in [5.74, 6) is 1.78. The lowest BCUT2D eigenvalue weighted by atomic mass is 10.1. The van der Waals surface area contributed by atoms with Crippen molar-refractivity contribution in [2.24, 2.45) is 0 Å². The second-order valence-electron chi connectivity index (χ2n) is 4.89. The summed E-state index contributed by atoms with van der Waals surface area (Å²) in [5, 5.41) is 0. The molecule has 88 valence electrons. The van der Waals surface area contributed by atoms with Gasteiger partial charge in [0.15, 0.2) is 5.78 Å². The summed E-state index contributed by atoms with van der Waals surface area (Å²) in [5.41, 5.74) is 2.70. The van der Waals surface area contributed by atoms with Gasteiger partial charge in [-0.1, -0.05) is 12.8 Å². The Kier molecular flexibility index (Phi) is 2.46. The van der Waals surface area contributed by atoms with E-state index >= 15 is 0 Å². The number of rotatable bonds is 2. The summed E-state index contributed by atoms with van der Waals surface area (Å²) in [7, 11) is 0. The Morgan fingerprint density at radius 2 is 2.12 bits per heavy atom. The van der Waals surface area contributed by atoms with Gasteiger partial charge in [0, 0.05) is 11.5 Å². The Hall–Kier alpha value is -1.64. The molecule has 1 fully saturated rings. The Morgan fingerprint density at radius 1 is 1.35 bits per heavy atom. The largest absolute Gasteiger partial charge is 0.342 e. The molecule has 3 rings (SSSR count). The normalized spacial score (nSPS) is 16.8. The number of hydrogen-bond donors (Lipinski definition) is 1. The van der Waals surface area contributed by atoms with Gasteiger partial charge in [-0.25, -0.2) is 4.98 Å². The van der Waals surface area contributed by atoms with Crippen LogP contribution >= 0.6 is 0 Å². The van der Waals surface area contributed by atoms with Gasteiger partial charge in [-0.05, 0) is 38.0 Å². The van der Waals surface area contributed by atoms with Crippen molar-refractivity contribution in [3.8, 4) is 0 Å². The second-order valence-corrected chi connectivity index (χ2v) is 4.89. The monoisotopic (exact) mass is 228 g/mol. The molecule has 0 bridgehead atoms. The van der Waals surface area contributed by atoms with E-state index in [1.54, 1.807) is 6.92 Å². The molecule has 0 spiro atoms. The first-order chi connectivity index (χ1) is 8.24. The van der Waals surface area contributed by atoms with Gasteiger partial charge in [0.25, 0.3) is 0 Å². The second kappa shape index (κ2) is 3.99. The molecule has 0 unspecified atom stereocenters. The minimum atomic E-state index is 0.101. The van der Waals surface area contributed by atoms with Crippen LogP contribution in [0.2, 0.25) is 0 Å². The van der Waals surface area contributed by atoms with Gasteiger partial charge in [0.05, 0.1) is 11.0 Å². The minimum absolute atomic E-state index is 0.101. The van der Waals surface area contributed by atoms with Crippen molar-refractivity contribution in [1.29, 1.82) is 0 Å². The number of aromatic amines is 1. The summed E-state index contributed by atoms with van der Waals surface area (Å²) in [4.78, 5) is 19.3. The first kappa shape index (κ1) is 10.5. The van der Waals surface area contributed by atoms with E-state index in [-0.39, 0.29) is 5.78 Å². The number of fused-ring (bicyclic) bond motifs is 1. The van der Waals surface area contributed by atoms with E-state index in [0.29, 0.717) is 5.92 Å². The average molecular weight is 228 g/mol. The number of imidazole rings is 1. The zero-order chi connectivity index (χ0) is 11.8. The predicted octanol–water partition coefficient (Wildman–Crippen LogP) is 3.42. The summed E-state index contributed by atoms with van der Waals surface area (Å²) in [6.07, 6.45) is 5.08. The quantitative estimate of drug-likeness (QED) is 0.800. The number of Topliss-reactive ketones (excluding diaryl/α,β-unsaturated/α-hetero) is 1. The minimum Gasteiger partial charge on any atom is -0.342 e. The van der Waals surface area contributed by atoms with Crippen molar-refractivity contribution in [2.75, 3.05) is 0 Å². The van der Waals surface area contributed by atoms with Crippen LogP contribution in [0, 0.1) is 0 Å². The number of hydrogen-bond acceptors (Lipinski definition) is 2. The van der Waals surface area contributed by atoms with Crippen molar-refractivity contribution in [2.45, 2.75) is 38.5 Å². The first-order valence-corrected chi connectivity index (χ1v) is 6.24. The van der Waals surface area contributed by atoms with Gasteiger partial charge in [0.1, 0.15) is 5.82 Å². The summed E-state index contributed by atoms with van der Waals surface area (Å²) in [6.45, 7) is 1.59. The third kappa shape index (κ3) is 1.86. The molecule has 3 nitrogen and oxygen atoms in total. The Balaban J connectivity index is 2.03. The van der Waals surface area contributed by atoms with Crippen LogP contribution in [0.3, 0.4) is 0 Å². The van der Waals surface area contributed by atoms with Crippen molar-refractivity contribution in [3.63, 3.8) is 0 Å². The number of carbonyl (C=O) groups is 1. The molecule has 17 heavy (non-hydrogen) atoms. The zero-order valence-corrected chi connectivity index (χ0v) is 9.99. The van der Waals surface area contributed by atoms with Gasteiger partial charge in [-0.3, -0.25) is 4.79 Å². The summed E-state index contributed by atoms with van der Waals surface area (Å²) < 4.78 is 0. The topological polar surface area (TPSA) is 45.8 Å². The molecule has 2 aromatic rings. The fourth-order valence-corrected chi connectivity index (χ4v) is 2.64. The highest BCUT2D eigenvalue weighted by atomic mass is 16.1. The van der Waals surface area contributed by atoms with Gasteiger partial charge in [-0.15, -0.1) is 0 Å². The molecule has 1 aromatic carbocycles. The third-order valence-electron chi connectivity index (χ3n) is 3.65. The lowest BCUT2D eigenvalue weighted by molar-refractivity contribution is 0.101. The van der Waals surface area contributed by atoms with E-state index in [1.807, 2.05) is 18.2 Å². The van der Waals surface area contributed by atoms with Crippen LogP contribution in [0.4, 0.5) is 0 Å². The van der Waals surface area contributed by atoms with Crippen LogP contribution in [0.25, 0.3) is 11.0 Å². The highest BCUT2D eigenvalue weighted by molar-refractivity contribution is 5.97. The lowest BCUT2D eigenvalue weighted by Crippen LogP contribution is -1.94. The molecular weight excluding hydrogens is 212 g/mol. The fourth-order valence-electron chi connectivity index (χ4n) is 2.64. The Morgan fingerprint density at radius 3 is 2.82 bits per heavy atom. The first-order valence-electron chi connectivity index (χ1n) is 6.24. The number of aromatic nitrogens is 2. The van der Waals surface area contributed by atoms with E-state index < -0.39 is 0 Å². The number of carbonyl (C=O) groups excluding carboxylic acids is 1. The number of ketones is 1. The van der Waals surface area contributed by atoms with Gasteiger partial charge < -0.3 is 4.98 Å². The van der Waals surface area contributed by atoms with E-state index in [2.05, 4.69) is 9.97 Å². The molecule has 3 heteroatoms. The highest BCUT2D eigenvalue weighted by Gasteiger charge is 2.20. The molecular formula is C14H16N2O. The van der Waals surface area contributed by atoms with Crippen molar-refractivity contribution in [3.05, 3.63) is 29.6 Å². The van der Waals surface area contributed by atoms with Crippen molar-refractivity contribution >= 4 is 16.8 Å². The van der Waals surface area contributed by atoms with Gasteiger partial charge in [0.2, 0.25) is 0 Å². The van der Waals surface area contributed by atoms with Crippen LogP contribution in [0.1, 0.15) is 54.7 Å². The third-order valence-corrected chi connectivity index (χ3v) is 3.65. The van der Waals surface area contributed by atoms with Crippen LogP contribution in [-0.4, -0.2) is 15.8 Å². The standard InChI is InChI=1S/C14H16N2O/c1-9(17)11-6-7-12-13(8-11)16-14(15-12)10-4-2-3-5-10/h6-8,10H,2-5H2,1H3,(H,15,16). The smallest absolute Gasteiger partial charge is 0.159 e. The maximum absolute atomic E-state index is 11.3. The molecule has 1 aliphatic carbocycles. The van der Waals surface area contributed by atoms with Gasteiger partial charge in [-0.2, -0.15) is 0 Å². The predicted molar refractivity (Wildman–Crippen MR) is 67.3 cm³/mol. The molecule has 1 aliphatic rings. The number of nitrogens with zero attached hydrogens (tertiary/aromatic N) is 1. The maximum atomic E-state index is 11.3. The molecule has 1 saturated carbocycles. The van der Waals surface area contributed by atoms with Crippen molar-refractivity contribution in [1.82, 2.24) is 9.97 Å². The van der Waals surface area contributed by atoms with E-state index in [9.17, 15) is 4.79 Å².